The van der Waals surface area contributed by atoms with E-state index in [2.05, 4.69) is 26.9 Å². The second-order valence-electron chi connectivity index (χ2n) is 4.72. The lowest BCUT2D eigenvalue weighted by molar-refractivity contribution is -0.116. The zero-order valence-corrected chi connectivity index (χ0v) is 12.7. The second-order valence-corrected chi connectivity index (χ2v) is 4.72. The van der Waals surface area contributed by atoms with E-state index < -0.39 is 11.9 Å². The van der Waals surface area contributed by atoms with Gasteiger partial charge in [-0.1, -0.05) is 17.3 Å². The number of amides is 3. The molecule has 0 aliphatic heterocycles. The molecule has 1 heterocycles. The topological polar surface area (TPSA) is 111 Å². The number of nitriles is 1. The van der Waals surface area contributed by atoms with E-state index in [0.29, 0.717) is 11.3 Å². The molecule has 0 unspecified atom stereocenters. The summed E-state index contributed by atoms with van der Waals surface area (Å²) in [5, 5.41) is 17.6. The van der Waals surface area contributed by atoms with Crippen molar-refractivity contribution in [2.24, 2.45) is 0 Å². The van der Waals surface area contributed by atoms with Crippen molar-refractivity contribution in [3.05, 3.63) is 54.8 Å². The number of hydrogen-bond donors (Lipinski definition) is 2. The molecule has 8 heteroatoms. The molecule has 0 aliphatic carbocycles. The smallest absolute Gasteiger partial charge is 0.322 e. The van der Waals surface area contributed by atoms with Gasteiger partial charge in [-0.25, -0.2) is 4.79 Å². The van der Waals surface area contributed by atoms with E-state index >= 15 is 0 Å². The first-order valence-electron chi connectivity index (χ1n) is 6.99. The number of benzene rings is 1. The van der Waals surface area contributed by atoms with Crippen LogP contribution in [0.5, 0.6) is 0 Å². The molecule has 0 aliphatic rings. The maximum absolute atomic E-state index is 12.3. The molecule has 0 radical (unpaired) electrons. The Balaban J connectivity index is 2.00. The van der Waals surface area contributed by atoms with Crippen molar-refractivity contribution in [2.45, 2.75) is 0 Å². The molecule has 0 atom stereocenters. The standard InChI is InChI=1S/C16H15N5O3/c1-2-7-21(11-15(22)19-14-6-8-24-20-14)16(23)18-13-5-3-4-12(9-13)10-17/h2-6,8-9H,1,7,11H2,(H,18,23)(H,19,20,22). The van der Waals surface area contributed by atoms with Gasteiger partial charge >= 0.3 is 6.03 Å². The van der Waals surface area contributed by atoms with Crippen molar-refractivity contribution in [2.75, 3.05) is 23.7 Å². The van der Waals surface area contributed by atoms with Gasteiger partial charge in [0.05, 0.1) is 11.6 Å². The predicted octanol–water partition coefficient (Wildman–Crippen LogP) is 2.20. The average molecular weight is 325 g/mol. The molecular weight excluding hydrogens is 310 g/mol. The molecule has 8 nitrogen and oxygen atoms in total. The summed E-state index contributed by atoms with van der Waals surface area (Å²) >= 11 is 0. The predicted molar refractivity (Wildman–Crippen MR) is 87.1 cm³/mol. The number of nitrogens with one attached hydrogen (secondary N) is 2. The van der Waals surface area contributed by atoms with Crippen LogP contribution in [-0.2, 0) is 4.79 Å². The zero-order chi connectivity index (χ0) is 17.4. The maximum atomic E-state index is 12.3. The normalized spacial score (nSPS) is 9.62. The van der Waals surface area contributed by atoms with Crippen LogP contribution < -0.4 is 10.6 Å². The van der Waals surface area contributed by atoms with Crippen LogP contribution >= 0.6 is 0 Å². The highest BCUT2D eigenvalue weighted by Gasteiger charge is 2.17. The molecule has 24 heavy (non-hydrogen) atoms. The minimum absolute atomic E-state index is 0.177. The van der Waals surface area contributed by atoms with Gasteiger partial charge in [-0.15, -0.1) is 6.58 Å². The van der Waals surface area contributed by atoms with Crippen molar-refractivity contribution in [3.63, 3.8) is 0 Å². The summed E-state index contributed by atoms with van der Waals surface area (Å²) in [4.78, 5) is 25.5. The lowest BCUT2D eigenvalue weighted by Crippen LogP contribution is -2.40. The van der Waals surface area contributed by atoms with Crippen molar-refractivity contribution in [1.82, 2.24) is 10.1 Å². The fraction of sp³-hybridized carbons (Fsp3) is 0.125. The van der Waals surface area contributed by atoms with Gasteiger partial charge < -0.3 is 20.1 Å². The third kappa shape index (κ3) is 4.71. The number of carbonyl (C=O) groups excluding carboxylic acids is 2. The van der Waals surface area contributed by atoms with E-state index in [4.69, 9.17) is 5.26 Å². The Morgan fingerprint density at radius 1 is 1.38 bits per heavy atom. The van der Waals surface area contributed by atoms with Gasteiger partial charge in [-0.05, 0) is 18.2 Å². The number of aromatic nitrogens is 1. The van der Waals surface area contributed by atoms with E-state index in [9.17, 15) is 9.59 Å². The van der Waals surface area contributed by atoms with Crippen molar-refractivity contribution >= 4 is 23.4 Å². The first kappa shape index (κ1) is 16.8. The molecule has 3 amide bonds. The van der Waals surface area contributed by atoms with Crippen LogP contribution in [-0.4, -0.2) is 35.1 Å². The molecule has 0 fully saturated rings. The molecule has 0 spiro atoms. The third-order valence-electron chi connectivity index (χ3n) is 2.92. The summed E-state index contributed by atoms with van der Waals surface area (Å²) in [5.41, 5.74) is 0.886. The molecule has 1 aromatic heterocycles. The lowest BCUT2D eigenvalue weighted by Gasteiger charge is -2.20. The Hall–Kier alpha value is -3.60. The minimum atomic E-state index is -0.486. The van der Waals surface area contributed by atoms with Gasteiger partial charge in [0.25, 0.3) is 0 Å². The Morgan fingerprint density at radius 3 is 2.88 bits per heavy atom. The quantitative estimate of drug-likeness (QED) is 0.791. The zero-order valence-electron chi connectivity index (χ0n) is 12.7. The first-order valence-corrected chi connectivity index (χ1v) is 6.99. The molecule has 2 rings (SSSR count). The molecule has 122 valence electrons. The monoisotopic (exact) mass is 325 g/mol. The second kappa shape index (κ2) is 8.14. The van der Waals surface area contributed by atoms with Crippen LogP contribution in [0.15, 0.2) is 53.8 Å². The molecule has 0 saturated carbocycles. The largest absolute Gasteiger partial charge is 0.363 e. The summed E-state index contributed by atoms with van der Waals surface area (Å²) in [6.07, 6.45) is 2.83. The van der Waals surface area contributed by atoms with Crippen LogP contribution in [0.3, 0.4) is 0 Å². The van der Waals surface area contributed by atoms with Gasteiger partial charge in [-0.3, -0.25) is 4.79 Å². The van der Waals surface area contributed by atoms with E-state index in [1.54, 1.807) is 24.3 Å². The van der Waals surface area contributed by atoms with Crippen molar-refractivity contribution in [3.8, 4) is 6.07 Å². The van der Waals surface area contributed by atoms with E-state index in [-0.39, 0.29) is 18.9 Å². The summed E-state index contributed by atoms with van der Waals surface area (Å²) in [6.45, 7) is 3.56. The fourth-order valence-corrected chi connectivity index (χ4v) is 1.88. The van der Waals surface area contributed by atoms with Gasteiger partial charge in [0.15, 0.2) is 5.82 Å². The number of anilines is 2. The third-order valence-corrected chi connectivity index (χ3v) is 2.92. The van der Waals surface area contributed by atoms with Crippen molar-refractivity contribution in [1.29, 1.82) is 5.26 Å². The molecule has 0 saturated heterocycles. The molecule has 2 aromatic rings. The Labute approximate surface area is 138 Å². The van der Waals surface area contributed by atoms with Crippen molar-refractivity contribution < 1.29 is 14.1 Å². The summed E-state index contributed by atoms with van der Waals surface area (Å²) in [7, 11) is 0. The van der Waals surface area contributed by atoms with E-state index in [1.165, 1.54) is 23.3 Å². The van der Waals surface area contributed by atoms with Gasteiger partial charge in [0.1, 0.15) is 12.8 Å². The minimum Gasteiger partial charge on any atom is -0.363 e. The highest BCUT2D eigenvalue weighted by Crippen LogP contribution is 2.11. The van der Waals surface area contributed by atoms with Gasteiger partial charge in [-0.2, -0.15) is 5.26 Å². The number of rotatable bonds is 6. The number of carbonyl (C=O) groups is 2. The fourth-order valence-electron chi connectivity index (χ4n) is 1.88. The Kier molecular flexibility index (Phi) is 5.69. The van der Waals surface area contributed by atoms with Crippen LogP contribution in [0.1, 0.15) is 5.56 Å². The summed E-state index contributed by atoms with van der Waals surface area (Å²) in [6, 6.07) is 9.47. The number of urea groups is 1. The first-order chi connectivity index (χ1) is 11.6. The molecule has 0 bridgehead atoms. The summed E-state index contributed by atoms with van der Waals surface area (Å²) in [5.74, 6) is -0.160. The number of nitrogens with zero attached hydrogens (tertiary/aromatic N) is 3. The van der Waals surface area contributed by atoms with Crippen LogP contribution in [0.25, 0.3) is 0 Å². The average Bonchev–Trinajstić information content (AvgIpc) is 3.07. The maximum Gasteiger partial charge on any atom is 0.322 e. The lowest BCUT2D eigenvalue weighted by atomic mass is 10.2. The SMILES string of the molecule is C=CCN(CC(=O)Nc1ccon1)C(=O)Nc1cccc(C#N)c1. The van der Waals surface area contributed by atoms with E-state index in [0.717, 1.165) is 0 Å². The van der Waals surface area contributed by atoms with Crippen LogP contribution in [0.4, 0.5) is 16.3 Å². The highest BCUT2D eigenvalue weighted by molar-refractivity contribution is 5.96. The van der Waals surface area contributed by atoms with Crippen LogP contribution in [0.2, 0.25) is 0 Å². The van der Waals surface area contributed by atoms with Crippen LogP contribution in [0, 0.1) is 11.3 Å². The number of hydrogen-bond acceptors (Lipinski definition) is 5. The molecular formula is C16H15N5O3. The Bertz CT molecular complexity index is 764. The summed E-state index contributed by atoms with van der Waals surface area (Å²) < 4.78 is 4.62. The van der Waals surface area contributed by atoms with Gasteiger partial charge in [0, 0.05) is 18.3 Å². The molecule has 2 N–H and O–H groups in total. The van der Waals surface area contributed by atoms with Gasteiger partial charge in [0.2, 0.25) is 5.91 Å². The molecule has 1 aromatic carbocycles. The Morgan fingerprint density at radius 2 is 2.21 bits per heavy atom. The highest BCUT2D eigenvalue weighted by atomic mass is 16.5. The van der Waals surface area contributed by atoms with E-state index in [1.807, 2.05) is 6.07 Å².